The third-order valence-electron chi connectivity index (χ3n) is 3.71. The summed E-state index contributed by atoms with van der Waals surface area (Å²) in [5, 5.41) is 1.10. The summed E-state index contributed by atoms with van der Waals surface area (Å²) in [4.78, 5) is 15.7. The second kappa shape index (κ2) is 4.77. The van der Waals surface area contributed by atoms with Crippen molar-refractivity contribution in [2.45, 2.75) is 0 Å². The van der Waals surface area contributed by atoms with Crippen LogP contribution in [0.2, 0.25) is 0 Å². The zero-order valence-electron chi connectivity index (χ0n) is 11.9. The molecular formula is C18H13NO3. The molecule has 0 saturated heterocycles. The number of ketones is 1. The largest absolute Gasteiger partial charge is 0.497 e. The van der Waals surface area contributed by atoms with Gasteiger partial charge in [-0.2, -0.15) is 0 Å². The Labute approximate surface area is 127 Å². The lowest BCUT2D eigenvalue weighted by molar-refractivity contribution is 0.101. The Kier molecular flexibility index (Phi) is 2.76. The second-order valence-electron chi connectivity index (χ2n) is 5.11. The van der Waals surface area contributed by atoms with E-state index in [2.05, 4.69) is 4.98 Å². The highest BCUT2D eigenvalue weighted by atomic mass is 16.5. The third kappa shape index (κ3) is 1.97. The molecule has 2 heterocycles. The molecule has 0 amide bonds. The maximum absolute atomic E-state index is 12.4. The van der Waals surface area contributed by atoms with Gasteiger partial charge in [0.15, 0.2) is 5.76 Å². The number of ether oxygens (including phenoxy) is 2. The van der Waals surface area contributed by atoms with Crippen molar-refractivity contribution in [1.82, 2.24) is 4.98 Å². The number of allylic oxidation sites excluding steroid dienone is 1. The van der Waals surface area contributed by atoms with Gasteiger partial charge in [-0.05, 0) is 35.7 Å². The highest BCUT2D eigenvalue weighted by molar-refractivity contribution is 6.14. The first kappa shape index (κ1) is 12.7. The van der Waals surface area contributed by atoms with Gasteiger partial charge in [0.1, 0.15) is 11.5 Å². The molecule has 108 valence electrons. The molecule has 22 heavy (non-hydrogen) atoms. The number of aromatic nitrogens is 1. The zero-order valence-corrected chi connectivity index (χ0v) is 11.9. The Morgan fingerprint density at radius 1 is 1.14 bits per heavy atom. The second-order valence-corrected chi connectivity index (χ2v) is 5.11. The number of benzene rings is 2. The summed E-state index contributed by atoms with van der Waals surface area (Å²) >= 11 is 0. The number of carbonyl (C=O) groups excluding carboxylic acids is 1. The molecule has 0 spiro atoms. The topological polar surface area (TPSA) is 51.3 Å². The Balaban J connectivity index is 1.73. The number of hydrogen-bond donors (Lipinski definition) is 1. The molecular weight excluding hydrogens is 278 g/mol. The van der Waals surface area contributed by atoms with Gasteiger partial charge in [0, 0.05) is 17.3 Å². The standard InChI is InChI=1S/C18H13NO3/c1-21-13-6-7-16-14(10-13)18(20)17(22-16)9-12-8-11-4-2-3-5-15(11)19-12/h2-10,19H,1H3/b17-9-. The first-order valence-corrected chi connectivity index (χ1v) is 6.94. The summed E-state index contributed by atoms with van der Waals surface area (Å²) in [5.74, 6) is 1.39. The third-order valence-corrected chi connectivity index (χ3v) is 3.71. The lowest BCUT2D eigenvalue weighted by atomic mass is 10.1. The lowest BCUT2D eigenvalue weighted by Crippen LogP contribution is -1.98. The van der Waals surface area contributed by atoms with Crippen molar-refractivity contribution >= 4 is 22.8 Å². The summed E-state index contributed by atoms with van der Waals surface area (Å²) in [5.41, 5.74) is 2.39. The molecule has 0 unspecified atom stereocenters. The van der Waals surface area contributed by atoms with Crippen LogP contribution in [-0.4, -0.2) is 17.9 Å². The molecule has 0 saturated carbocycles. The van der Waals surface area contributed by atoms with E-state index in [1.54, 1.807) is 31.4 Å². The van der Waals surface area contributed by atoms with Crippen LogP contribution in [0, 0.1) is 0 Å². The van der Waals surface area contributed by atoms with Crippen LogP contribution in [-0.2, 0) is 0 Å². The van der Waals surface area contributed by atoms with Gasteiger partial charge >= 0.3 is 0 Å². The van der Waals surface area contributed by atoms with E-state index in [1.165, 1.54) is 0 Å². The highest BCUT2D eigenvalue weighted by Crippen LogP contribution is 2.34. The summed E-state index contributed by atoms with van der Waals surface area (Å²) in [6.07, 6.45) is 1.73. The Morgan fingerprint density at radius 2 is 2.00 bits per heavy atom. The summed E-state index contributed by atoms with van der Waals surface area (Å²) in [7, 11) is 1.57. The van der Waals surface area contributed by atoms with Gasteiger partial charge in [0.05, 0.1) is 12.7 Å². The molecule has 4 rings (SSSR count). The molecule has 3 aromatic rings. The summed E-state index contributed by atoms with van der Waals surface area (Å²) in [6.45, 7) is 0. The molecule has 2 aromatic carbocycles. The van der Waals surface area contributed by atoms with E-state index in [9.17, 15) is 4.79 Å². The number of Topliss-reactive ketones (excluding diaryl/α,β-unsaturated/α-hetero) is 1. The number of methoxy groups -OCH3 is 1. The molecule has 4 heteroatoms. The minimum Gasteiger partial charge on any atom is -0.497 e. The number of fused-ring (bicyclic) bond motifs is 2. The van der Waals surface area contributed by atoms with Crippen molar-refractivity contribution in [3.8, 4) is 11.5 Å². The molecule has 1 aliphatic rings. The normalized spacial score (nSPS) is 15.1. The van der Waals surface area contributed by atoms with E-state index in [0.29, 0.717) is 22.8 Å². The summed E-state index contributed by atoms with van der Waals surface area (Å²) < 4.78 is 10.8. The lowest BCUT2D eigenvalue weighted by Gasteiger charge is -2.00. The van der Waals surface area contributed by atoms with Crippen LogP contribution in [0.25, 0.3) is 17.0 Å². The Morgan fingerprint density at radius 3 is 2.82 bits per heavy atom. The number of aromatic amines is 1. The molecule has 4 nitrogen and oxygen atoms in total. The van der Waals surface area contributed by atoms with Crippen molar-refractivity contribution < 1.29 is 14.3 Å². The SMILES string of the molecule is COc1ccc2c(c1)C(=O)/C(=C/c1cc3ccccc3[nH]1)O2. The minimum absolute atomic E-state index is 0.132. The fourth-order valence-electron chi connectivity index (χ4n) is 2.61. The number of para-hydroxylation sites is 1. The first-order chi connectivity index (χ1) is 10.7. The van der Waals surface area contributed by atoms with E-state index in [1.807, 2.05) is 30.3 Å². The van der Waals surface area contributed by atoms with E-state index in [4.69, 9.17) is 9.47 Å². The molecule has 0 aliphatic carbocycles. The number of carbonyl (C=O) groups is 1. The average Bonchev–Trinajstić information content (AvgIpc) is 3.08. The first-order valence-electron chi connectivity index (χ1n) is 6.94. The molecule has 0 bridgehead atoms. The monoisotopic (exact) mass is 291 g/mol. The maximum Gasteiger partial charge on any atom is 0.232 e. The van der Waals surface area contributed by atoms with E-state index < -0.39 is 0 Å². The predicted molar refractivity (Wildman–Crippen MR) is 84.2 cm³/mol. The van der Waals surface area contributed by atoms with Crippen LogP contribution in [0.4, 0.5) is 0 Å². The van der Waals surface area contributed by atoms with Crippen molar-refractivity contribution in [3.63, 3.8) is 0 Å². The van der Waals surface area contributed by atoms with Crippen LogP contribution < -0.4 is 9.47 Å². The molecule has 1 aliphatic heterocycles. The van der Waals surface area contributed by atoms with Crippen molar-refractivity contribution in [3.05, 3.63) is 65.5 Å². The van der Waals surface area contributed by atoms with E-state index in [0.717, 1.165) is 16.6 Å². The van der Waals surface area contributed by atoms with Gasteiger partial charge in [-0.15, -0.1) is 0 Å². The Hall–Kier alpha value is -3.01. The van der Waals surface area contributed by atoms with Gasteiger partial charge < -0.3 is 14.5 Å². The fourth-order valence-corrected chi connectivity index (χ4v) is 2.61. The quantitative estimate of drug-likeness (QED) is 0.731. The smallest absolute Gasteiger partial charge is 0.232 e. The van der Waals surface area contributed by atoms with Gasteiger partial charge in [-0.3, -0.25) is 4.79 Å². The maximum atomic E-state index is 12.4. The molecule has 0 atom stereocenters. The van der Waals surface area contributed by atoms with Crippen LogP contribution in [0.15, 0.2) is 54.3 Å². The highest BCUT2D eigenvalue weighted by Gasteiger charge is 2.27. The fraction of sp³-hybridized carbons (Fsp3) is 0.0556. The Bertz CT molecular complexity index is 888. The molecule has 1 N–H and O–H groups in total. The summed E-state index contributed by atoms with van der Waals surface area (Å²) in [6, 6.07) is 15.2. The minimum atomic E-state index is -0.132. The van der Waals surface area contributed by atoms with Gasteiger partial charge in [-0.25, -0.2) is 0 Å². The number of hydrogen-bond acceptors (Lipinski definition) is 3. The number of H-pyrrole nitrogens is 1. The van der Waals surface area contributed by atoms with E-state index in [-0.39, 0.29) is 5.78 Å². The van der Waals surface area contributed by atoms with E-state index >= 15 is 0 Å². The van der Waals surface area contributed by atoms with Gasteiger partial charge in [0.25, 0.3) is 0 Å². The zero-order chi connectivity index (χ0) is 15.1. The van der Waals surface area contributed by atoms with Gasteiger partial charge in [0.2, 0.25) is 5.78 Å². The van der Waals surface area contributed by atoms with Crippen molar-refractivity contribution in [1.29, 1.82) is 0 Å². The molecule has 0 radical (unpaired) electrons. The van der Waals surface area contributed by atoms with Gasteiger partial charge in [-0.1, -0.05) is 18.2 Å². The number of rotatable bonds is 2. The average molecular weight is 291 g/mol. The molecule has 1 aromatic heterocycles. The van der Waals surface area contributed by atoms with Crippen LogP contribution in [0.1, 0.15) is 16.1 Å². The van der Waals surface area contributed by atoms with Crippen molar-refractivity contribution in [2.75, 3.05) is 7.11 Å². The number of nitrogens with one attached hydrogen (secondary N) is 1. The van der Waals surface area contributed by atoms with Crippen LogP contribution >= 0.6 is 0 Å². The molecule has 0 fully saturated rings. The van der Waals surface area contributed by atoms with Crippen LogP contribution in [0.3, 0.4) is 0 Å². The predicted octanol–water partition coefficient (Wildman–Crippen LogP) is 3.79. The van der Waals surface area contributed by atoms with Crippen molar-refractivity contribution in [2.24, 2.45) is 0 Å². The van der Waals surface area contributed by atoms with Crippen LogP contribution in [0.5, 0.6) is 11.5 Å².